The zero-order valence-corrected chi connectivity index (χ0v) is 14.2. The van der Waals surface area contributed by atoms with Crippen molar-refractivity contribution in [3.8, 4) is 0 Å². The second kappa shape index (κ2) is 7.67. The minimum absolute atomic E-state index is 0.377. The quantitative estimate of drug-likeness (QED) is 0.549. The minimum Gasteiger partial charge on any atom is -0.0851 e. The standard InChI is InChI=1S/C18H26.C2H6/c1-14-5-9-16(10-6-14)17-11-7-15(8-12-17)13-18(2,3)4;1-2/h5,7-9,11-12,14,16H,6,10,13H2,1-4H3;1-2H3. The molecule has 0 saturated heterocycles. The van der Waals surface area contributed by atoms with Crippen LogP contribution in [0.25, 0.3) is 0 Å². The Morgan fingerprint density at radius 1 is 0.950 bits per heavy atom. The van der Waals surface area contributed by atoms with E-state index in [1.165, 1.54) is 24.0 Å². The molecule has 0 aliphatic heterocycles. The highest BCUT2D eigenvalue weighted by Crippen LogP contribution is 2.30. The van der Waals surface area contributed by atoms with Crippen molar-refractivity contribution in [1.29, 1.82) is 0 Å². The maximum Gasteiger partial charge on any atom is 0.00182 e. The average Bonchev–Trinajstić information content (AvgIpc) is 2.41. The van der Waals surface area contributed by atoms with Crippen LogP contribution in [0.15, 0.2) is 36.4 Å². The first-order valence-electron chi connectivity index (χ1n) is 8.21. The molecule has 20 heavy (non-hydrogen) atoms. The second-order valence-corrected chi connectivity index (χ2v) is 7.03. The zero-order chi connectivity index (χ0) is 15.2. The van der Waals surface area contributed by atoms with Gasteiger partial charge in [-0.05, 0) is 41.7 Å². The van der Waals surface area contributed by atoms with E-state index in [-0.39, 0.29) is 0 Å². The molecule has 0 heterocycles. The van der Waals surface area contributed by atoms with Crippen LogP contribution >= 0.6 is 0 Å². The van der Waals surface area contributed by atoms with Crippen LogP contribution < -0.4 is 0 Å². The predicted molar refractivity (Wildman–Crippen MR) is 91.2 cm³/mol. The van der Waals surface area contributed by atoms with Crippen LogP contribution in [0.1, 0.15) is 71.4 Å². The Bertz CT molecular complexity index is 403. The van der Waals surface area contributed by atoms with Crippen LogP contribution in [0, 0.1) is 11.3 Å². The molecule has 0 saturated carbocycles. The molecule has 0 radical (unpaired) electrons. The van der Waals surface area contributed by atoms with Gasteiger partial charge in [-0.3, -0.25) is 0 Å². The summed E-state index contributed by atoms with van der Waals surface area (Å²) in [6, 6.07) is 9.27. The molecule has 0 amide bonds. The average molecular weight is 272 g/mol. The Labute approximate surface area is 126 Å². The maximum atomic E-state index is 2.40. The van der Waals surface area contributed by atoms with E-state index in [0.29, 0.717) is 11.3 Å². The van der Waals surface area contributed by atoms with E-state index in [0.717, 1.165) is 12.3 Å². The highest BCUT2D eigenvalue weighted by atomic mass is 14.2. The first-order chi connectivity index (χ1) is 9.44. The van der Waals surface area contributed by atoms with Crippen LogP contribution in [-0.2, 0) is 6.42 Å². The molecule has 0 N–H and O–H groups in total. The Kier molecular flexibility index (Phi) is 6.52. The van der Waals surface area contributed by atoms with Crippen molar-refractivity contribution in [2.24, 2.45) is 11.3 Å². The van der Waals surface area contributed by atoms with E-state index in [1.54, 1.807) is 0 Å². The van der Waals surface area contributed by atoms with Gasteiger partial charge in [-0.25, -0.2) is 0 Å². The molecule has 0 bridgehead atoms. The Hall–Kier alpha value is -1.04. The highest BCUT2D eigenvalue weighted by molar-refractivity contribution is 5.29. The van der Waals surface area contributed by atoms with Crippen molar-refractivity contribution in [2.75, 3.05) is 0 Å². The van der Waals surface area contributed by atoms with E-state index in [9.17, 15) is 0 Å². The fourth-order valence-corrected chi connectivity index (χ4v) is 2.73. The zero-order valence-electron chi connectivity index (χ0n) is 14.2. The molecule has 112 valence electrons. The molecular formula is C20H32. The van der Waals surface area contributed by atoms with E-state index in [1.807, 2.05) is 13.8 Å². The number of hydrogen-bond acceptors (Lipinski definition) is 0. The van der Waals surface area contributed by atoms with Crippen molar-refractivity contribution in [2.45, 2.75) is 66.7 Å². The van der Waals surface area contributed by atoms with Crippen molar-refractivity contribution < 1.29 is 0 Å². The van der Waals surface area contributed by atoms with Crippen LogP contribution in [0.5, 0.6) is 0 Å². The molecule has 0 spiro atoms. The number of benzene rings is 1. The SMILES string of the molecule is CC.CC1C=CC(c2ccc(CC(C)(C)C)cc2)CC1. The Morgan fingerprint density at radius 3 is 2.00 bits per heavy atom. The molecule has 0 nitrogen and oxygen atoms in total. The van der Waals surface area contributed by atoms with E-state index < -0.39 is 0 Å². The van der Waals surface area contributed by atoms with Crippen LogP contribution in [0.2, 0.25) is 0 Å². The number of allylic oxidation sites excluding steroid dienone is 2. The normalized spacial score (nSPS) is 22.1. The van der Waals surface area contributed by atoms with Gasteiger partial charge >= 0.3 is 0 Å². The highest BCUT2D eigenvalue weighted by Gasteiger charge is 2.15. The van der Waals surface area contributed by atoms with Gasteiger partial charge in [-0.2, -0.15) is 0 Å². The third-order valence-corrected chi connectivity index (χ3v) is 3.75. The van der Waals surface area contributed by atoms with Crippen molar-refractivity contribution in [3.05, 3.63) is 47.5 Å². The van der Waals surface area contributed by atoms with Crippen molar-refractivity contribution in [1.82, 2.24) is 0 Å². The van der Waals surface area contributed by atoms with Gasteiger partial charge in [0.2, 0.25) is 0 Å². The molecular weight excluding hydrogens is 240 g/mol. The Balaban J connectivity index is 0.000000956. The summed E-state index contributed by atoms with van der Waals surface area (Å²) in [7, 11) is 0. The van der Waals surface area contributed by atoms with Crippen molar-refractivity contribution >= 4 is 0 Å². The molecule has 2 unspecified atom stereocenters. The molecule has 0 heteroatoms. The number of hydrogen-bond donors (Lipinski definition) is 0. The molecule has 1 aromatic rings. The van der Waals surface area contributed by atoms with E-state index >= 15 is 0 Å². The summed E-state index contributed by atoms with van der Waals surface area (Å²) in [5.41, 5.74) is 3.32. The predicted octanol–water partition coefficient (Wildman–Crippen LogP) is 6.37. The van der Waals surface area contributed by atoms with Gasteiger partial charge in [0.1, 0.15) is 0 Å². The summed E-state index contributed by atoms with van der Waals surface area (Å²) in [6.45, 7) is 13.2. The van der Waals surface area contributed by atoms with Gasteiger partial charge in [0.05, 0.1) is 0 Å². The van der Waals surface area contributed by atoms with Crippen LogP contribution in [-0.4, -0.2) is 0 Å². The molecule has 2 rings (SSSR count). The summed E-state index contributed by atoms with van der Waals surface area (Å²) < 4.78 is 0. The fourth-order valence-electron chi connectivity index (χ4n) is 2.73. The smallest absolute Gasteiger partial charge is 0.00182 e. The van der Waals surface area contributed by atoms with Gasteiger partial charge in [0.25, 0.3) is 0 Å². The van der Waals surface area contributed by atoms with Gasteiger partial charge in [0, 0.05) is 5.92 Å². The molecule has 2 atom stereocenters. The van der Waals surface area contributed by atoms with Gasteiger partial charge in [-0.15, -0.1) is 0 Å². The van der Waals surface area contributed by atoms with Gasteiger partial charge in [-0.1, -0.05) is 78.0 Å². The summed E-state index contributed by atoms with van der Waals surface area (Å²) in [5.74, 6) is 1.41. The third kappa shape index (κ3) is 5.53. The second-order valence-electron chi connectivity index (χ2n) is 7.03. The summed E-state index contributed by atoms with van der Waals surface area (Å²) in [6.07, 6.45) is 8.55. The minimum atomic E-state index is 0.377. The third-order valence-electron chi connectivity index (χ3n) is 3.75. The molecule has 1 aliphatic rings. The van der Waals surface area contributed by atoms with Crippen LogP contribution in [0.3, 0.4) is 0 Å². The lowest BCUT2D eigenvalue weighted by Crippen LogP contribution is -2.09. The monoisotopic (exact) mass is 272 g/mol. The summed E-state index contributed by atoms with van der Waals surface area (Å²) >= 11 is 0. The lowest BCUT2D eigenvalue weighted by molar-refractivity contribution is 0.411. The number of rotatable bonds is 2. The van der Waals surface area contributed by atoms with Crippen molar-refractivity contribution in [3.63, 3.8) is 0 Å². The van der Waals surface area contributed by atoms with Gasteiger partial charge in [0.15, 0.2) is 0 Å². The first-order valence-corrected chi connectivity index (χ1v) is 8.21. The van der Waals surface area contributed by atoms with E-state index in [4.69, 9.17) is 0 Å². The molecule has 1 aliphatic carbocycles. The van der Waals surface area contributed by atoms with E-state index in [2.05, 4.69) is 64.1 Å². The maximum absolute atomic E-state index is 2.40. The summed E-state index contributed by atoms with van der Waals surface area (Å²) in [4.78, 5) is 0. The summed E-state index contributed by atoms with van der Waals surface area (Å²) in [5, 5.41) is 0. The van der Waals surface area contributed by atoms with Crippen LogP contribution in [0.4, 0.5) is 0 Å². The van der Waals surface area contributed by atoms with Gasteiger partial charge < -0.3 is 0 Å². The molecule has 0 fully saturated rings. The lowest BCUT2D eigenvalue weighted by Gasteiger charge is -2.22. The molecule has 0 aromatic heterocycles. The fraction of sp³-hybridized carbons (Fsp3) is 0.600. The Morgan fingerprint density at radius 2 is 1.55 bits per heavy atom. The topological polar surface area (TPSA) is 0 Å². The first kappa shape index (κ1) is 17.0. The largest absolute Gasteiger partial charge is 0.0851 e. The lowest BCUT2D eigenvalue weighted by atomic mass is 9.83. The molecule has 1 aromatic carbocycles.